The molecule has 0 radical (unpaired) electrons. The fourth-order valence-electron chi connectivity index (χ4n) is 3.62. The van der Waals surface area contributed by atoms with Crippen molar-refractivity contribution >= 4 is 23.3 Å². The molecule has 0 saturated heterocycles. The number of esters is 1. The molecule has 142 valence electrons. The van der Waals surface area contributed by atoms with E-state index in [-0.39, 0.29) is 11.4 Å². The zero-order valence-corrected chi connectivity index (χ0v) is 17.0. The van der Waals surface area contributed by atoms with E-state index >= 15 is 0 Å². The van der Waals surface area contributed by atoms with Crippen molar-refractivity contribution in [2.45, 2.75) is 39.5 Å². The van der Waals surface area contributed by atoms with Gasteiger partial charge in [-0.1, -0.05) is 38.1 Å². The molecule has 1 aliphatic rings. The van der Waals surface area contributed by atoms with Crippen LogP contribution in [0, 0.1) is 0 Å². The van der Waals surface area contributed by atoms with Gasteiger partial charge in [-0.25, -0.2) is 4.79 Å². The van der Waals surface area contributed by atoms with Gasteiger partial charge in [0.2, 0.25) is 0 Å². The van der Waals surface area contributed by atoms with Crippen molar-refractivity contribution < 1.29 is 9.53 Å². The maximum Gasteiger partial charge on any atom is 0.338 e. The molecule has 3 heteroatoms. The van der Waals surface area contributed by atoms with Crippen LogP contribution in [0.25, 0.3) is 11.6 Å². The van der Waals surface area contributed by atoms with Crippen molar-refractivity contribution in [2.75, 3.05) is 25.1 Å². The van der Waals surface area contributed by atoms with E-state index in [2.05, 4.69) is 57.0 Å². The molecule has 0 amide bonds. The van der Waals surface area contributed by atoms with E-state index in [0.717, 1.165) is 18.5 Å². The molecule has 1 heterocycles. The minimum Gasteiger partial charge on any atom is -0.462 e. The van der Waals surface area contributed by atoms with Crippen molar-refractivity contribution in [3.8, 4) is 0 Å². The van der Waals surface area contributed by atoms with Crippen LogP contribution in [0.4, 0.5) is 5.69 Å². The molecule has 0 aromatic heterocycles. The number of hydrogen-bond acceptors (Lipinski definition) is 3. The van der Waals surface area contributed by atoms with Gasteiger partial charge >= 0.3 is 5.97 Å². The largest absolute Gasteiger partial charge is 0.462 e. The highest BCUT2D eigenvalue weighted by molar-refractivity contribution is 5.90. The van der Waals surface area contributed by atoms with Crippen LogP contribution >= 0.6 is 0 Å². The summed E-state index contributed by atoms with van der Waals surface area (Å²) >= 11 is 0. The van der Waals surface area contributed by atoms with Gasteiger partial charge < -0.3 is 9.64 Å². The molecule has 0 bridgehead atoms. The van der Waals surface area contributed by atoms with Gasteiger partial charge in [-0.05, 0) is 72.2 Å². The van der Waals surface area contributed by atoms with Crippen LogP contribution in [0.5, 0.6) is 0 Å². The highest BCUT2D eigenvalue weighted by atomic mass is 16.5. The summed E-state index contributed by atoms with van der Waals surface area (Å²) in [7, 11) is 2.17. The van der Waals surface area contributed by atoms with Crippen LogP contribution in [0.2, 0.25) is 0 Å². The Morgan fingerprint density at radius 3 is 2.48 bits per heavy atom. The number of anilines is 1. The van der Waals surface area contributed by atoms with E-state index in [9.17, 15) is 4.79 Å². The van der Waals surface area contributed by atoms with E-state index in [1.54, 1.807) is 0 Å². The summed E-state index contributed by atoms with van der Waals surface area (Å²) in [5.74, 6) is -0.272. The SMILES string of the molecule is CCOC(=O)c1ccc(/C=C(\C)c2ccc3c(c2)C(C)(C)CCN3C)cc1. The van der Waals surface area contributed by atoms with E-state index in [0.29, 0.717) is 12.2 Å². The lowest BCUT2D eigenvalue weighted by atomic mass is 9.77. The van der Waals surface area contributed by atoms with Crippen LogP contribution in [0.3, 0.4) is 0 Å². The molecular weight excluding hydrogens is 334 g/mol. The van der Waals surface area contributed by atoms with Crippen molar-refractivity contribution in [3.05, 3.63) is 64.7 Å². The van der Waals surface area contributed by atoms with Crippen LogP contribution < -0.4 is 4.90 Å². The van der Waals surface area contributed by atoms with Crippen LogP contribution in [0.1, 0.15) is 61.2 Å². The van der Waals surface area contributed by atoms with Crippen molar-refractivity contribution in [2.24, 2.45) is 0 Å². The maximum atomic E-state index is 11.8. The standard InChI is InChI=1S/C24H29NO2/c1-6-27-23(26)19-9-7-18(8-10-19)15-17(2)20-11-12-22-21(16-20)24(3,4)13-14-25(22)5/h7-12,15-16H,6,13-14H2,1-5H3/b17-15+. The number of benzene rings is 2. The van der Waals surface area contributed by atoms with Gasteiger partial charge in [-0.3, -0.25) is 0 Å². The first-order valence-electron chi connectivity index (χ1n) is 9.63. The predicted molar refractivity (Wildman–Crippen MR) is 113 cm³/mol. The monoisotopic (exact) mass is 363 g/mol. The van der Waals surface area contributed by atoms with E-state index in [4.69, 9.17) is 4.74 Å². The molecule has 0 N–H and O–H groups in total. The summed E-state index contributed by atoms with van der Waals surface area (Å²) in [6.07, 6.45) is 3.33. The molecule has 2 aromatic carbocycles. The maximum absolute atomic E-state index is 11.8. The number of allylic oxidation sites excluding steroid dienone is 1. The second kappa shape index (κ2) is 7.59. The normalized spacial score (nSPS) is 16.0. The Labute approximate surface area is 162 Å². The fraction of sp³-hybridized carbons (Fsp3) is 0.375. The van der Waals surface area contributed by atoms with Crippen molar-refractivity contribution in [3.63, 3.8) is 0 Å². The first kappa shape index (κ1) is 19.2. The molecule has 0 fully saturated rings. The third-order valence-electron chi connectivity index (χ3n) is 5.47. The Bertz CT molecular complexity index is 862. The molecule has 0 aliphatic carbocycles. The third-order valence-corrected chi connectivity index (χ3v) is 5.47. The molecule has 2 aromatic rings. The van der Waals surface area contributed by atoms with Crippen LogP contribution in [-0.4, -0.2) is 26.2 Å². The Balaban J connectivity index is 1.87. The topological polar surface area (TPSA) is 29.5 Å². The molecule has 3 nitrogen and oxygen atoms in total. The summed E-state index contributed by atoms with van der Waals surface area (Å²) in [5, 5.41) is 0. The zero-order chi connectivity index (χ0) is 19.6. The van der Waals surface area contributed by atoms with Crippen LogP contribution in [-0.2, 0) is 10.2 Å². The lowest BCUT2D eigenvalue weighted by molar-refractivity contribution is 0.0526. The first-order valence-corrected chi connectivity index (χ1v) is 9.63. The van der Waals surface area contributed by atoms with Gasteiger partial charge in [0.1, 0.15) is 0 Å². The molecule has 0 saturated carbocycles. The van der Waals surface area contributed by atoms with Gasteiger partial charge in [-0.15, -0.1) is 0 Å². The Hall–Kier alpha value is -2.55. The average molecular weight is 364 g/mol. The Morgan fingerprint density at radius 2 is 1.81 bits per heavy atom. The molecule has 0 atom stereocenters. The fourth-order valence-corrected chi connectivity index (χ4v) is 3.62. The highest BCUT2D eigenvalue weighted by Gasteiger charge is 2.29. The number of fused-ring (bicyclic) bond motifs is 1. The summed E-state index contributed by atoms with van der Waals surface area (Å²) in [5.41, 5.74) is 7.07. The van der Waals surface area contributed by atoms with Gasteiger partial charge in [0.25, 0.3) is 0 Å². The van der Waals surface area contributed by atoms with Gasteiger partial charge in [0.15, 0.2) is 0 Å². The number of carbonyl (C=O) groups excluding carboxylic acids is 1. The number of nitrogens with zero attached hydrogens (tertiary/aromatic N) is 1. The summed E-state index contributed by atoms with van der Waals surface area (Å²) in [4.78, 5) is 14.1. The zero-order valence-electron chi connectivity index (χ0n) is 17.0. The molecule has 0 unspecified atom stereocenters. The molecular formula is C24H29NO2. The third kappa shape index (κ3) is 4.08. The second-order valence-corrected chi connectivity index (χ2v) is 7.96. The first-order chi connectivity index (χ1) is 12.8. The summed E-state index contributed by atoms with van der Waals surface area (Å²) < 4.78 is 5.04. The molecule has 0 spiro atoms. The number of carbonyl (C=O) groups is 1. The quantitative estimate of drug-likeness (QED) is 0.527. The number of rotatable bonds is 4. The lowest BCUT2D eigenvalue weighted by Gasteiger charge is -2.38. The summed E-state index contributed by atoms with van der Waals surface area (Å²) in [6, 6.07) is 14.4. The molecule has 3 rings (SSSR count). The van der Waals surface area contributed by atoms with Crippen molar-refractivity contribution in [1.82, 2.24) is 0 Å². The average Bonchev–Trinajstić information content (AvgIpc) is 2.65. The lowest BCUT2D eigenvalue weighted by Crippen LogP contribution is -2.34. The minimum atomic E-state index is -0.272. The second-order valence-electron chi connectivity index (χ2n) is 7.96. The minimum absolute atomic E-state index is 0.194. The van der Waals surface area contributed by atoms with Crippen LogP contribution in [0.15, 0.2) is 42.5 Å². The predicted octanol–water partition coefficient (Wildman–Crippen LogP) is 5.54. The highest BCUT2D eigenvalue weighted by Crippen LogP contribution is 2.40. The van der Waals surface area contributed by atoms with E-state index in [1.165, 1.54) is 22.4 Å². The van der Waals surface area contributed by atoms with E-state index < -0.39 is 0 Å². The smallest absolute Gasteiger partial charge is 0.338 e. The molecule has 1 aliphatic heterocycles. The Kier molecular flexibility index (Phi) is 5.41. The molecule has 27 heavy (non-hydrogen) atoms. The van der Waals surface area contributed by atoms with Gasteiger partial charge in [-0.2, -0.15) is 0 Å². The Morgan fingerprint density at radius 1 is 1.15 bits per heavy atom. The van der Waals surface area contributed by atoms with E-state index in [1.807, 2.05) is 31.2 Å². The van der Waals surface area contributed by atoms with Crippen molar-refractivity contribution in [1.29, 1.82) is 0 Å². The summed E-state index contributed by atoms with van der Waals surface area (Å²) in [6.45, 7) is 10.1. The number of ether oxygens (including phenoxy) is 1. The van der Waals surface area contributed by atoms with Gasteiger partial charge in [0.05, 0.1) is 12.2 Å². The van der Waals surface area contributed by atoms with Gasteiger partial charge in [0, 0.05) is 19.3 Å². The number of hydrogen-bond donors (Lipinski definition) is 0.